The molecule has 1 heterocycles. The number of ketones is 1. The van der Waals surface area contributed by atoms with E-state index in [0.29, 0.717) is 35.3 Å². The van der Waals surface area contributed by atoms with Crippen LogP contribution in [0, 0.1) is 13.8 Å². The first kappa shape index (κ1) is 21.7. The summed E-state index contributed by atoms with van der Waals surface area (Å²) >= 11 is 0. The van der Waals surface area contributed by atoms with E-state index in [4.69, 9.17) is 18.9 Å². The number of aryl methyl sites for hydroxylation is 2. The first-order chi connectivity index (χ1) is 14.4. The lowest BCUT2D eigenvalue weighted by molar-refractivity contribution is -0.142. The van der Waals surface area contributed by atoms with Gasteiger partial charge in [-0.2, -0.15) is 0 Å². The van der Waals surface area contributed by atoms with Crippen molar-refractivity contribution < 1.29 is 28.5 Å². The van der Waals surface area contributed by atoms with Gasteiger partial charge in [0.2, 0.25) is 11.5 Å². The molecule has 1 aromatic heterocycles. The number of esters is 1. The van der Waals surface area contributed by atoms with Crippen molar-refractivity contribution in [1.82, 2.24) is 4.57 Å². The molecule has 2 aromatic rings. The Kier molecular flexibility index (Phi) is 6.70. The van der Waals surface area contributed by atoms with Crippen molar-refractivity contribution in [1.29, 1.82) is 0 Å². The number of Topliss-reactive ketones (excluding diaryl/α,β-unsaturated/α-hetero) is 1. The van der Waals surface area contributed by atoms with Crippen LogP contribution in [0.25, 0.3) is 0 Å². The Balaban J connectivity index is 1.56. The molecule has 0 spiro atoms. The largest absolute Gasteiger partial charge is 0.493 e. The maximum Gasteiger partial charge on any atom is 0.306 e. The van der Waals surface area contributed by atoms with E-state index in [2.05, 4.69) is 4.57 Å². The third kappa shape index (κ3) is 4.61. The van der Waals surface area contributed by atoms with E-state index < -0.39 is 5.97 Å². The summed E-state index contributed by atoms with van der Waals surface area (Å²) in [5.74, 6) is 0.966. The number of ether oxygens (including phenoxy) is 4. The lowest BCUT2D eigenvalue weighted by Gasteiger charge is -2.14. The Bertz CT molecular complexity index is 916. The van der Waals surface area contributed by atoms with Crippen molar-refractivity contribution in [2.75, 3.05) is 27.9 Å². The van der Waals surface area contributed by atoms with Crippen LogP contribution >= 0.6 is 0 Å². The molecule has 0 N–H and O–H groups in total. The van der Waals surface area contributed by atoms with E-state index in [9.17, 15) is 9.59 Å². The summed E-state index contributed by atoms with van der Waals surface area (Å²) in [5, 5.41) is 0. The number of carbonyl (C=O) groups is 2. The molecule has 3 rings (SSSR count). The summed E-state index contributed by atoms with van der Waals surface area (Å²) in [6, 6.07) is 5.99. The van der Waals surface area contributed by atoms with Gasteiger partial charge in [0, 0.05) is 29.4 Å². The number of methoxy groups -OCH3 is 3. The van der Waals surface area contributed by atoms with Crippen molar-refractivity contribution >= 4 is 11.8 Å². The van der Waals surface area contributed by atoms with Gasteiger partial charge in [0.05, 0.1) is 21.3 Å². The molecule has 1 aromatic carbocycles. The minimum absolute atomic E-state index is 0.146. The predicted molar refractivity (Wildman–Crippen MR) is 112 cm³/mol. The predicted octanol–water partition coefficient (Wildman–Crippen LogP) is 3.82. The number of benzene rings is 1. The Hall–Kier alpha value is -2.96. The Morgan fingerprint density at radius 3 is 2.17 bits per heavy atom. The number of rotatable bonds is 10. The number of hydrogen-bond acceptors (Lipinski definition) is 6. The van der Waals surface area contributed by atoms with Gasteiger partial charge in [-0.1, -0.05) is 0 Å². The van der Waals surface area contributed by atoms with Gasteiger partial charge in [0.1, 0.15) is 0 Å². The first-order valence-electron chi connectivity index (χ1n) is 10.1. The standard InChI is InChI=1S/C23H29NO6/c1-14-10-18(15(2)24(14)17-7-8-17)19(25)13-30-22(26)9-6-16-11-20(27-3)23(29-5)21(12-16)28-4/h10-12,17H,6-9,13H2,1-5H3. The molecule has 0 unspecified atom stereocenters. The molecular formula is C23H29NO6. The highest BCUT2D eigenvalue weighted by Gasteiger charge is 2.28. The van der Waals surface area contributed by atoms with Crippen LogP contribution in [-0.4, -0.2) is 44.3 Å². The fourth-order valence-corrected chi connectivity index (χ4v) is 3.78. The van der Waals surface area contributed by atoms with Gasteiger partial charge in [-0.3, -0.25) is 9.59 Å². The Morgan fingerprint density at radius 1 is 1.00 bits per heavy atom. The van der Waals surface area contributed by atoms with Gasteiger partial charge in [0.15, 0.2) is 18.1 Å². The molecule has 1 aliphatic carbocycles. The number of aromatic nitrogens is 1. The third-order valence-corrected chi connectivity index (χ3v) is 5.40. The smallest absolute Gasteiger partial charge is 0.306 e. The van der Waals surface area contributed by atoms with Crippen molar-refractivity contribution in [2.45, 2.75) is 45.6 Å². The van der Waals surface area contributed by atoms with Gasteiger partial charge in [-0.05, 0) is 56.9 Å². The summed E-state index contributed by atoms with van der Waals surface area (Å²) in [4.78, 5) is 24.7. The molecule has 0 aliphatic heterocycles. The van der Waals surface area contributed by atoms with Crippen LogP contribution in [0.4, 0.5) is 0 Å². The number of carbonyl (C=O) groups excluding carboxylic acids is 2. The van der Waals surface area contributed by atoms with E-state index in [1.807, 2.05) is 19.9 Å². The van der Waals surface area contributed by atoms with Crippen molar-refractivity contribution in [3.8, 4) is 17.2 Å². The molecule has 0 amide bonds. The summed E-state index contributed by atoms with van der Waals surface area (Å²) in [6.07, 6.45) is 2.88. The molecular weight excluding hydrogens is 386 g/mol. The molecule has 30 heavy (non-hydrogen) atoms. The van der Waals surface area contributed by atoms with Crippen molar-refractivity contribution in [3.63, 3.8) is 0 Å². The zero-order valence-corrected chi connectivity index (χ0v) is 18.2. The average molecular weight is 415 g/mol. The van der Waals surface area contributed by atoms with Crippen LogP contribution in [0.15, 0.2) is 18.2 Å². The summed E-state index contributed by atoms with van der Waals surface area (Å²) in [6.45, 7) is 3.71. The van der Waals surface area contributed by atoms with Gasteiger partial charge < -0.3 is 23.5 Å². The van der Waals surface area contributed by atoms with Gasteiger partial charge in [-0.25, -0.2) is 0 Å². The first-order valence-corrected chi connectivity index (χ1v) is 10.1. The molecule has 162 valence electrons. The van der Waals surface area contributed by atoms with Crippen molar-refractivity contribution in [2.24, 2.45) is 0 Å². The second-order valence-electron chi connectivity index (χ2n) is 7.50. The SMILES string of the molecule is COc1cc(CCC(=O)OCC(=O)c2cc(C)n(C3CC3)c2C)cc(OC)c1OC. The molecule has 7 heteroatoms. The van der Waals surface area contributed by atoms with Crippen LogP contribution in [0.2, 0.25) is 0 Å². The fraction of sp³-hybridized carbons (Fsp3) is 0.478. The molecule has 1 fully saturated rings. The highest BCUT2D eigenvalue weighted by Crippen LogP contribution is 2.39. The van der Waals surface area contributed by atoms with E-state index in [1.54, 1.807) is 26.4 Å². The molecule has 0 saturated heterocycles. The highest BCUT2D eigenvalue weighted by atomic mass is 16.5. The minimum atomic E-state index is -0.423. The van der Waals surface area contributed by atoms with Crippen LogP contribution in [0.3, 0.4) is 0 Å². The van der Waals surface area contributed by atoms with E-state index >= 15 is 0 Å². The summed E-state index contributed by atoms with van der Waals surface area (Å²) in [5.41, 5.74) is 3.51. The lowest BCUT2D eigenvalue weighted by atomic mass is 10.1. The molecule has 1 aliphatic rings. The van der Waals surface area contributed by atoms with Gasteiger partial charge >= 0.3 is 5.97 Å². The second kappa shape index (κ2) is 9.24. The minimum Gasteiger partial charge on any atom is -0.493 e. The monoisotopic (exact) mass is 415 g/mol. The third-order valence-electron chi connectivity index (χ3n) is 5.40. The lowest BCUT2D eigenvalue weighted by Crippen LogP contribution is -2.15. The van der Waals surface area contributed by atoms with Crippen LogP contribution in [-0.2, 0) is 16.0 Å². The maximum absolute atomic E-state index is 12.6. The summed E-state index contributed by atoms with van der Waals surface area (Å²) < 4.78 is 23.4. The topological polar surface area (TPSA) is 76.0 Å². The Morgan fingerprint density at radius 2 is 1.63 bits per heavy atom. The van der Waals surface area contributed by atoms with E-state index in [1.165, 1.54) is 7.11 Å². The molecule has 7 nitrogen and oxygen atoms in total. The second-order valence-corrected chi connectivity index (χ2v) is 7.50. The molecule has 0 atom stereocenters. The van der Waals surface area contributed by atoms with Crippen LogP contribution in [0.5, 0.6) is 17.2 Å². The van der Waals surface area contributed by atoms with E-state index in [-0.39, 0.29) is 18.8 Å². The van der Waals surface area contributed by atoms with Gasteiger partial charge in [-0.15, -0.1) is 0 Å². The maximum atomic E-state index is 12.6. The fourth-order valence-electron chi connectivity index (χ4n) is 3.78. The summed E-state index contributed by atoms with van der Waals surface area (Å²) in [7, 11) is 4.62. The average Bonchev–Trinajstić information content (AvgIpc) is 3.53. The van der Waals surface area contributed by atoms with Crippen LogP contribution < -0.4 is 14.2 Å². The van der Waals surface area contributed by atoms with E-state index in [0.717, 1.165) is 29.8 Å². The van der Waals surface area contributed by atoms with Crippen molar-refractivity contribution in [3.05, 3.63) is 40.7 Å². The number of hydrogen-bond donors (Lipinski definition) is 0. The quantitative estimate of drug-likeness (QED) is 0.434. The molecule has 1 saturated carbocycles. The highest BCUT2D eigenvalue weighted by molar-refractivity contribution is 5.99. The normalized spacial score (nSPS) is 13.1. The van der Waals surface area contributed by atoms with Crippen LogP contribution in [0.1, 0.15) is 52.6 Å². The Labute approximate surface area is 176 Å². The molecule has 0 radical (unpaired) electrons. The zero-order valence-electron chi connectivity index (χ0n) is 18.2. The zero-order chi connectivity index (χ0) is 21.8. The molecule has 0 bridgehead atoms. The van der Waals surface area contributed by atoms with Gasteiger partial charge in [0.25, 0.3) is 0 Å². The number of nitrogens with zero attached hydrogens (tertiary/aromatic N) is 1.